The molecule has 1 amide bonds. The summed E-state index contributed by atoms with van der Waals surface area (Å²) in [7, 11) is 0. The molecule has 2 aliphatic heterocycles. The van der Waals surface area contributed by atoms with Crippen molar-refractivity contribution >= 4 is 5.91 Å². The van der Waals surface area contributed by atoms with Crippen LogP contribution in [0.2, 0.25) is 0 Å². The molecule has 0 saturated carbocycles. The molecule has 7 heteroatoms. The van der Waals surface area contributed by atoms with Crippen LogP contribution < -0.4 is 9.47 Å². The molecule has 0 bridgehead atoms. The Hall–Kier alpha value is -2.57. The number of hydrogen-bond donors (Lipinski definition) is 0. The van der Waals surface area contributed by atoms with E-state index in [9.17, 15) is 4.79 Å². The third-order valence-corrected chi connectivity index (χ3v) is 4.63. The number of benzene rings is 1. The minimum atomic E-state index is 0.109. The Labute approximate surface area is 145 Å². The summed E-state index contributed by atoms with van der Waals surface area (Å²) in [6, 6.07) is 5.70. The Morgan fingerprint density at radius 3 is 2.92 bits per heavy atom. The number of rotatable bonds is 3. The van der Waals surface area contributed by atoms with Gasteiger partial charge in [-0.15, -0.1) is 0 Å². The first-order valence-corrected chi connectivity index (χ1v) is 8.65. The van der Waals surface area contributed by atoms with Crippen LogP contribution >= 0.6 is 0 Å². The van der Waals surface area contributed by atoms with E-state index in [0.717, 1.165) is 36.4 Å². The zero-order valence-corrected chi connectivity index (χ0v) is 14.2. The summed E-state index contributed by atoms with van der Waals surface area (Å²) >= 11 is 0. The Balaban J connectivity index is 1.42. The SMILES string of the molecule is Cc1noc([C@H]2CCCN(C(=O)Cc3ccc4c(c3)OCCO4)C2)n1. The summed E-state index contributed by atoms with van der Waals surface area (Å²) < 4.78 is 16.4. The number of aromatic nitrogens is 2. The lowest BCUT2D eigenvalue weighted by Gasteiger charge is -2.31. The molecule has 1 atom stereocenters. The maximum Gasteiger partial charge on any atom is 0.231 e. The van der Waals surface area contributed by atoms with E-state index in [4.69, 9.17) is 14.0 Å². The maximum atomic E-state index is 12.7. The average Bonchev–Trinajstić information content (AvgIpc) is 3.08. The van der Waals surface area contributed by atoms with E-state index in [2.05, 4.69) is 10.1 Å². The van der Waals surface area contributed by atoms with Crippen LogP contribution in [0.3, 0.4) is 0 Å². The predicted molar refractivity (Wildman–Crippen MR) is 88.7 cm³/mol. The summed E-state index contributed by atoms with van der Waals surface area (Å²) in [5.41, 5.74) is 0.935. The number of likely N-dealkylation sites (tertiary alicyclic amines) is 1. The van der Waals surface area contributed by atoms with E-state index < -0.39 is 0 Å². The van der Waals surface area contributed by atoms with E-state index in [1.165, 1.54) is 0 Å². The number of aryl methyl sites for hydroxylation is 1. The molecule has 132 valence electrons. The standard InChI is InChI=1S/C18H21N3O4/c1-12-19-18(25-20-12)14-3-2-6-21(11-14)17(22)10-13-4-5-15-16(9-13)24-8-7-23-15/h4-5,9,14H,2-3,6-8,10-11H2,1H3/t14-/m0/s1. The van der Waals surface area contributed by atoms with Crippen LogP contribution in [0.25, 0.3) is 0 Å². The molecule has 0 N–H and O–H groups in total. The fraction of sp³-hybridized carbons (Fsp3) is 0.500. The Kier molecular flexibility index (Phi) is 4.29. The van der Waals surface area contributed by atoms with Gasteiger partial charge in [-0.05, 0) is 37.5 Å². The summed E-state index contributed by atoms with van der Waals surface area (Å²) in [5.74, 6) is 2.96. The smallest absolute Gasteiger partial charge is 0.231 e. The first kappa shape index (κ1) is 15.9. The first-order valence-electron chi connectivity index (χ1n) is 8.65. The summed E-state index contributed by atoms with van der Waals surface area (Å²) in [4.78, 5) is 18.9. The van der Waals surface area contributed by atoms with E-state index >= 15 is 0 Å². The van der Waals surface area contributed by atoms with Crippen molar-refractivity contribution in [1.29, 1.82) is 0 Å². The monoisotopic (exact) mass is 343 g/mol. The highest BCUT2D eigenvalue weighted by Crippen LogP contribution is 2.31. The summed E-state index contributed by atoms with van der Waals surface area (Å²) in [6.07, 6.45) is 2.26. The fourth-order valence-corrected chi connectivity index (χ4v) is 3.37. The second-order valence-corrected chi connectivity index (χ2v) is 6.51. The molecule has 1 saturated heterocycles. The molecule has 7 nitrogen and oxygen atoms in total. The van der Waals surface area contributed by atoms with Crippen molar-refractivity contribution in [2.24, 2.45) is 0 Å². The molecule has 1 fully saturated rings. The molecule has 4 rings (SSSR count). The highest BCUT2D eigenvalue weighted by atomic mass is 16.6. The van der Waals surface area contributed by atoms with E-state index in [-0.39, 0.29) is 11.8 Å². The number of hydrogen-bond acceptors (Lipinski definition) is 6. The van der Waals surface area contributed by atoms with Crippen LogP contribution in [0.5, 0.6) is 11.5 Å². The lowest BCUT2D eigenvalue weighted by Crippen LogP contribution is -2.40. The molecule has 0 spiro atoms. The van der Waals surface area contributed by atoms with Crippen molar-refractivity contribution in [3.05, 3.63) is 35.5 Å². The Morgan fingerprint density at radius 1 is 1.28 bits per heavy atom. The molecule has 0 unspecified atom stereocenters. The highest BCUT2D eigenvalue weighted by molar-refractivity contribution is 5.79. The minimum Gasteiger partial charge on any atom is -0.486 e. The van der Waals surface area contributed by atoms with Gasteiger partial charge in [0.1, 0.15) is 13.2 Å². The molecule has 3 heterocycles. The van der Waals surface area contributed by atoms with Crippen molar-refractivity contribution in [2.75, 3.05) is 26.3 Å². The topological polar surface area (TPSA) is 77.7 Å². The van der Waals surface area contributed by atoms with Crippen LogP contribution in [0, 0.1) is 6.92 Å². The highest BCUT2D eigenvalue weighted by Gasteiger charge is 2.28. The van der Waals surface area contributed by atoms with Crippen molar-refractivity contribution in [1.82, 2.24) is 15.0 Å². The van der Waals surface area contributed by atoms with E-state index in [1.54, 1.807) is 6.92 Å². The van der Waals surface area contributed by atoms with E-state index in [1.807, 2.05) is 23.1 Å². The second-order valence-electron chi connectivity index (χ2n) is 6.51. The van der Waals surface area contributed by atoms with Gasteiger partial charge in [0.2, 0.25) is 11.8 Å². The van der Waals surface area contributed by atoms with Crippen LogP contribution in [-0.4, -0.2) is 47.3 Å². The van der Waals surface area contributed by atoms with Crippen molar-refractivity contribution in [2.45, 2.75) is 32.1 Å². The van der Waals surface area contributed by atoms with Gasteiger partial charge in [-0.3, -0.25) is 4.79 Å². The van der Waals surface area contributed by atoms with Gasteiger partial charge < -0.3 is 18.9 Å². The van der Waals surface area contributed by atoms with Crippen LogP contribution in [0.15, 0.2) is 22.7 Å². The van der Waals surface area contributed by atoms with Gasteiger partial charge >= 0.3 is 0 Å². The lowest BCUT2D eigenvalue weighted by atomic mass is 9.97. The van der Waals surface area contributed by atoms with E-state index in [0.29, 0.717) is 37.9 Å². The third-order valence-electron chi connectivity index (χ3n) is 4.63. The normalized spacial score (nSPS) is 19.7. The van der Waals surface area contributed by atoms with Gasteiger partial charge in [-0.2, -0.15) is 4.98 Å². The van der Waals surface area contributed by atoms with Crippen LogP contribution in [0.4, 0.5) is 0 Å². The van der Waals surface area contributed by atoms with Gasteiger partial charge in [0, 0.05) is 13.1 Å². The molecule has 25 heavy (non-hydrogen) atoms. The molecule has 2 aromatic rings. The third kappa shape index (κ3) is 3.45. The number of carbonyl (C=O) groups excluding carboxylic acids is 1. The number of carbonyl (C=O) groups is 1. The number of fused-ring (bicyclic) bond motifs is 1. The summed E-state index contributed by atoms with van der Waals surface area (Å²) in [5, 5.41) is 3.86. The number of piperidine rings is 1. The largest absolute Gasteiger partial charge is 0.486 e. The number of amides is 1. The zero-order valence-electron chi connectivity index (χ0n) is 14.2. The number of ether oxygens (including phenoxy) is 2. The molecule has 1 aromatic carbocycles. The van der Waals surface area contributed by atoms with Gasteiger partial charge in [-0.1, -0.05) is 11.2 Å². The lowest BCUT2D eigenvalue weighted by molar-refractivity contribution is -0.131. The molecular weight excluding hydrogens is 322 g/mol. The maximum absolute atomic E-state index is 12.7. The van der Waals surface area contributed by atoms with Crippen molar-refractivity contribution in [3.63, 3.8) is 0 Å². The molecular formula is C18H21N3O4. The van der Waals surface area contributed by atoms with Gasteiger partial charge in [0.05, 0.1) is 12.3 Å². The molecule has 1 aromatic heterocycles. The van der Waals surface area contributed by atoms with Crippen LogP contribution in [-0.2, 0) is 11.2 Å². The first-order chi connectivity index (χ1) is 12.2. The van der Waals surface area contributed by atoms with Gasteiger partial charge in [-0.25, -0.2) is 0 Å². The zero-order chi connectivity index (χ0) is 17.2. The van der Waals surface area contributed by atoms with Crippen molar-refractivity contribution in [3.8, 4) is 11.5 Å². The molecule has 0 radical (unpaired) electrons. The average molecular weight is 343 g/mol. The van der Waals surface area contributed by atoms with Crippen molar-refractivity contribution < 1.29 is 18.8 Å². The van der Waals surface area contributed by atoms with Gasteiger partial charge in [0.25, 0.3) is 0 Å². The number of nitrogens with zero attached hydrogens (tertiary/aromatic N) is 3. The van der Waals surface area contributed by atoms with Gasteiger partial charge in [0.15, 0.2) is 17.3 Å². The minimum absolute atomic E-state index is 0.109. The fourth-order valence-electron chi connectivity index (χ4n) is 3.37. The van der Waals surface area contributed by atoms with Crippen LogP contribution in [0.1, 0.15) is 36.0 Å². The quantitative estimate of drug-likeness (QED) is 0.849. The Bertz CT molecular complexity index is 773. The second kappa shape index (κ2) is 6.74. The summed E-state index contributed by atoms with van der Waals surface area (Å²) in [6.45, 7) is 4.32. The molecule has 2 aliphatic rings. The molecule has 0 aliphatic carbocycles. The predicted octanol–water partition coefficient (Wildman–Crippen LogP) is 2.10. The Morgan fingerprint density at radius 2 is 2.12 bits per heavy atom.